The number of rotatable bonds is 0. The summed E-state index contributed by atoms with van der Waals surface area (Å²) in [6, 6.07) is 12.0. The van der Waals surface area contributed by atoms with Gasteiger partial charge in [0.05, 0.1) is 7.18 Å². The van der Waals surface area contributed by atoms with Crippen LogP contribution >= 0.6 is 0 Å². The molecule has 0 spiro atoms. The van der Waals surface area contributed by atoms with E-state index in [9.17, 15) is 4.39 Å². The molecule has 0 amide bonds. The Morgan fingerprint density at radius 1 is 0.636 bits per heavy atom. The van der Waals surface area contributed by atoms with Crippen LogP contribution in [0.3, 0.4) is 0 Å². The van der Waals surface area contributed by atoms with Crippen LogP contribution < -0.4 is 0 Å². The number of hydrogen-bond acceptors (Lipinski definition) is 0. The van der Waals surface area contributed by atoms with E-state index in [0.29, 0.717) is 7.18 Å². The van der Waals surface area contributed by atoms with Crippen LogP contribution in [0.1, 0.15) is 13.8 Å². The van der Waals surface area contributed by atoms with Gasteiger partial charge < -0.3 is 0 Å². The Morgan fingerprint density at radius 3 is 0.818 bits per heavy atom. The third kappa shape index (κ3) is 17.6. The maximum Gasteiger partial charge on any atom is 0.0785 e. The van der Waals surface area contributed by atoms with Crippen LogP contribution in [0.4, 0.5) is 4.39 Å². The molecule has 0 bridgehead atoms. The fourth-order valence-corrected chi connectivity index (χ4v) is 0.385. The first-order chi connectivity index (χ1) is 5.00. The van der Waals surface area contributed by atoms with Crippen LogP contribution in [-0.2, 0) is 0 Å². The zero-order valence-corrected chi connectivity index (χ0v) is 7.29. The lowest BCUT2D eigenvalue weighted by Gasteiger charge is -1.69. The smallest absolute Gasteiger partial charge is 0.0785 e. The lowest BCUT2D eigenvalue weighted by molar-refractivity contribution is 0.636. The van der Waals surface area contributed by atoms with Crippen molar-refractivity contribution in [2.75, 3.05) is 7.18 Å². The predicted octanol–water partition coefficient (Wildman–Crippen LogP) is 3.12. The largest absolute Gasteiger partial charge is 0.255 e. The van der Waals surface area contributed by atoms with E-state index >= 15 is 0 Å². The quantitative estimate of drug-likeness (QED) is 0.603. The van der Waals surface area contributed by atoms with Gasteiger partial charge in [0.25, 0.3) is 0 Å². The summed E-state index contributed by atoms with van der Waals surface area (Å²) in [5.41, 5.74) is 0. The highest BCUT2D eigenvalue weighted by Crippen LogP contribution is 1.79. The molecule has 1 N–H and O–H groups in total. The summed E-state index contributed by atoms with van der Waals surface area (Å²) >= 11 is 0. The number of hydrogen-bond donors (Lipinski definition) is 1. The molecule has 0 saturated carbocycles. The van der Waals surface area contributed by atoms with Gasteiger partial charge in [0.15, 0.2) is 0 Å². The van der Waals surface area contributed by atoms with Gasteiger partial charge in [0.2, 0.25) is 0 Å². The fraction of sp³-hybridized carbons (Fsp3) is 0.333. The van der Waals surface area contributed by atoms with Gasteiger partial charge in [-0.05, 0) is 0 Å². The van der Waals surface area contributed by atoms with Crippen LogP contribution in [-0.4, -0.2) is 12.7 Å². The van der Waals surface area contributed by atoms with Crippen molar-refractivity contribution < 1.29 is 9.87 Å². The number of halogens is 1. The molecule has 11 heavy (non-hydrogen) atoms. The van der Waals surface area contributed by atoms with Crippen LogP contribution in [0.2, 0.25) is 0 Å². The van der Waals surface area contributed by atoms with E-state index in [1.165, 1.54) is 0 Å². The maximum absolute atomic E-state index is 9.50. The van der Waals surface area contributed by atoms with Gasteiger partial charge in [-0.15, -0.1) is 0 Å². The van der Waals surface area contributed by atoms with Crippen LogP contribution in [0, 0.1) is 0 Å². The van der Waals surface area contributed by atoms with Gasteiger partial charge in [-0.1, -0.05) is 50.2 Å². The van der Waals surface area contributed by atoms with Crippen molar-refractivity contribution in [3.05, 3.63) is 36.4 Å². The molecule has 0 aliphatic rings. The molecule has 1 aromatic rings. The molecule has 0 saturated heterocycles. The second-order valence-corrected chi connectivity index (χ2v) is 1.15. The molecule has 0 fully saturated rings. The molecule has 0 aliphatic carbocycles. The molecule has 0 heterocycles. The van der Waals surface area contributed by atoms with E-state index < -0.39 is 0 Å². The van der Waals surface area contributed by atoms with E-state index in [2.05, 4.69) is 0 Å². The van der Waals surface area contributed by atoms with E-state index in [0.717, 1.165) is 0 Å². The fourth-order valence-electron chi connectivity index (χ4n) is 0.385. The molecule has 1 radical (unpaired) electrons. The molecule has 1 rings (SSSR count). The standard InChI is InChI=1S/C6H6.C2H6.CH3F.HO/c1-2-4-6-5-3-1;2*1-2;/h1-6H;1-2H3;1H3;1H. The molecule has 1 aromatic carbocycles. The van der Waals surface area contributed by atoms with Gasteiger partial charge in [0, 0.05) is 0 Å². The SMILES string of the molecule is CC.CF.[OH].c1ccccc1. The molecular weight excluding hydrogens is 143 g/mol. The summed E-state index contributed by atoms with van der Waals surface area (Å²) in [4.78, 5) is 0. The van der Waals surface area contributed by atoms with Crippen LogP contribution in [0.5, 0.6) is 0 Å². The minimum Gasteiger partial charge on any atom is -0.255 e. The molecule has 0 aliphatic heterocycles. The predicted molar refractivity (Wildman–Crippen MR) is 46.8 cm³/mol. The summed E-state index contributed by atoms with van der Waals surface area (Å²) in [5.74, 6) is 0. The summed E-state index contributed by atoms with van der Waals surface area (Å²) in [6.07, 6.45) is 0. The molecule has 65 valence electrons. The Labute approximate surface area is 68.2 Å². The zero-order valence-electron chi connectivity index (χ0n) is 7.29. The Hall–Kier alpha value is -0.890. The van der Waals surface area contributed by atoms with E-state index in [1.54, 1.807) is 0 Å². The minimum atomic E-state index is 0. The molecule has 0 aromatic heterocycles. The topological polar surface area (TPSA) is 30.0 Å². The van der Waals surface area contributed by atoms with Crippen molar-refractivity contribution in [3.8, 4) is 0 Å². The second kappa shape index (κ2) is 22.9. The normalized spacial score (nSPS) is 5.45. The highest BCUT2D eigenvalue weighted by atomic mass is 19.1. The third-order valence-electron chi connectivity index (χ3n) is 0.667. The minimum absolute atomic E-state index is 0. The number of benzene rings is 1. The lowest BCUT2D eigenvalue weighted by atomic mass is 10.4. The number of alkyl halides is 1. The first kappa shape index (κ1) is 16.6. The van der Waals surface area contributed by atoms with Crippen molar-refractivity contribution in [2.45, 2.75) is 13.8 Å². The van der Waals surface area contributed by atoms with Crippen molar-refractivity contribution in [1.82, 2.24) is 0 Å². The van der Waals surface area contributed by atoms with Crippen LogP contribution in [0.15, 0.2) is 36.4 Å². The van der Waals surface area contributed by atoms with Crippen LogP contribution in [0.25, 0.3) is 0 Å². The molecule has 1 nitrogen and oxygen atoms in total. The third-order valence-corrected chi connectivity index (χ3v) is 0.667. The van der Waals surface area contributed by atoms with E-state index in [4.69, 9.17) is 0 Å². The highest BCUT2D eigenvalue weighted by Gasteiger charge is 1.57. The van der Waals surface area contributed by atoms with Crippen molar-refractivity contribution in [2.24, 2.45) is 0 Å². The summed E-state index contributed by atoms with van der Waals surface area (Å²) in [7, 11) is 0.500. The molecule has 0 unspecified atom stereocenters. The van der Waals surface area contributed by atoms with E-state index in [1.807, 2.05) is 50.2 Å². The Kier molecular flexibility index (Phi) is 34.6. The monoisotopic (exact) mass is 159 g/mol. The summed E-state index contributed by atoms with van der Waals surface area (Å²) in [5, 5.41) is 0. The van der Waals surface area contributed by atoms with Crippen molar-refractivity contribution in [1.29, 1.82) is 0 Å². The summed E-state index contributed by atoms with van der Waals surface area (Å²) in [6.45, 7) is 4.00. The van der Waals surface area contributed by atoms with E-state index in [-0.39, 0.29) is 5.48 Å². The first-order valence-corrected chi connectivity index (χ1v) is 3.38. The van der Waals surface area contributed by atoms with Gasteiger partial charge in [-0.3, -0.25) is 9.87 Å². The molecular formula is C9H16FO. The average molecular weight is 159 g/mol. The summed E-state index contributed by atoms with van der Waals surface area (Å²) < 4.78 is 9.50. The zero-order chi connectivity index (χ0) is 8.24. The lowest BCUT2D eigenvalue weighted by Crippen LogP contribution is -1.47. The Bertz CT molecular complexity index is 81.5. The first-order valence-electron chi connectivity index (χ1n) is 3.38. The molecule has 2 heteroatoms. The average Bonchev–Trinajstić information content (AvgIpc) is 2.14. The molecule has 0 atom stereocenters. The second-order valence-electron chi connectivity index (χ2n) is 1.15. The van der Waals surface area contributed by atoms with Gasteiger partial charge >= 0.3 is 0 Å². The van der Waals surface area contributed by atoms with Crippen molar-refractivity contribution in [3.63, 3.8) is 0 Å². The Balaban J connectivity index is -0.000000114. The van der Waals surface area contributed by atoms with Gasteiger partial charge in [0.1, 0.15) is 0 Å². The maximum atomic E-state index is 9.50. The Morgan fingerprint density at radius 2 is 0.727 bits per heavy atom. The highest BCUT2D eigenvalue weighted by molar-refractivity contribution is 4.99. The van der Waals surface area contributed by atoms with Crippen molar-refractivity contribution >= 4 is 0 Å². The van der Waals surface area contributed by atoms with Gasteiger partial charge in [-0.25, -0.2) is 0 Å². The van der Waals surface area contributed by atoms with Gasteiger partial charge in [-0.2, -0.15) is 0 Å².